The van der Waals surface area contributed by atoms with Crippen LogP contribution in [0.1, 0.15) is 21.1 Å². The van der Waals surface area contributed by atoms with Crippen molar-refractivity contribution in [1.29, 1.82) is 0 Å². The first-order chi connectivity index (χ1) is 13.1. The van der Waals surface area contributed by atoms with E-state index in [4.69, 9.17) is 9.47 Å². The number of nitrogens with one attached hydrogen (secondary N) is 1. The second kappa shape index (κ2) is 9.14. The Morgan fingerprint density at radius 3 is 2.41 bits per heavy atom. The number of aryl methyl sites for hydroxylation is 1. The van der Waals surface area contributed by atoms with Gasteiger partial charge in [0.2, 0.25) is 0 Å². The normalized spacial score (nSPS) is 10.4. The Labute approximate surface area is 160 Å². The quantitative estimate of drug-likeness (QED) is 0.595. The topological polar surface area (TPSA) is 60.5 Å². The van der Waals surface area contributed by atoms with E-state index in [1.54, 1.807) is 47.7 Å². The number of nitrogens with zero attached hydrogens (tertiary/aromatic N) is 1. The highest BCUT2D eigenvalue weighted by atomic mass is 32.1. The highest BCUT2D eigenvalue weighted by Crippen LogP contribution is 2.16. The Hall–Kier alpha value is -2.93. The number of hydrogen-bond acceptors (Lipinski definition) is 5. The van der Waals surface area contributed by atoms with Gasteiger partial charge in [0.05, 0.1) is 6.54 Å². The maximum absolute atomic E-state index is 12.8. The minimum atomic E-state index is -0.315. The van der Waals surface area contributed by atoms with Gasteiger partial charge in [0.15, 0.2) is 0 Å². The van der Waals surface area contributed by atoms with Crippen LogP contribution in [0.4, 0.5) is 4.39 Å². The molecule has 1 N–H and O–H groups in total. The Balaban J connectivity index is 1.41. The standard InChI is InChI=1S/C20H19FN2O3S/c1-14-13-27-19(23-14)12-26-18-6-2-15(3-7-18)20(24)22-10-11-25-17-8-4-16(21)5-9-17/h2-9,13H,10-12H2,1H3,(H,22,24). The van der Waals surface area contributed by atoms with Crippen molar-refractivity contribution >= 4 is 17.2 Å². The molecule has 0 fully saturated rings. The van der Waals surface area contributed by atoms with Gasteiger partial charge in [-0.2, -0.15) is 0 Å². The summed E-state index contributed by atoms with van der Waals surface area (Å²) >= 11 is 1.56. The zero-order valence-electron chi connectivity index (χ0n) is 14.8. The van der Waals surface area contributed by atoms with Gasteiger partial charge in [-0.15, -0.1) is 11.3 Å². The average Bonchev–Trinajstić information content (AvgIpc) is 3.10. The number of rotatable bonds is 8. The average molecular weight is 386 g/mol. The van der Waals surface area contributed by atoms with Gasteiger partial charge in [0.1, 0.15) is 35.5 Å². The van der Waals surface area contributed by atoms with Crippen LogP contribution in [0.3, 0.4) is 0 Å². The summed E-state index contributed by atoms with van der Waals surface area (Å²) in [5, 5.41) is 5.66. The van der Waals surface area contributed by atoms with E-state index >= 15 is 0 Å². The summed E-state index contributed by atoms with van der Waals surface area (Å²) in [5.74, 6) is 0.728. The maximum atomic E-state index is 12.8. The Bertz CT molecular complexity index is 879. The van der Waals surface area contributed by atoms with E-state index in [9.17, 15) is 9.18 Å². The summed E-state index contributed by atoms with van der Waals surface area (Å²) in [7, 11) is 0. The van der Waals surface area contributed by atoms with Crippen molar-refractivity contribution < 1.29 is 18.7 Å². The van der Waals surface area contributed by atoms with Gasteiger partial charge in [-0.1, -0.05) is 0 Å². The third-order valence-corrected chi connectivity index (χ3v) is 4.56. The first kappa shape index (κ1) is 18.8. The molecular formula is C20H19FN2O3S. The molecule has 3 rings (SSSR count). The Morgan fingerprint density at radius 1 is 1.07 bits per heavy atom. The van der Waals surface area contributed by atoms with E-state index in [1.165, 1.54) is 12.1 Å². The van der Waals surface area contributed by atoms with Crippen LogP contribution < -0.4 is 14.8 Å². The molecule has 0 aliphatic carbocycles. The molecule has 0 unspecified atom stereocenters. The molecule has 5 nitrogen and oxygen atoms in total. The molecule has 0 saturated carbocycles. The molecule has 0 aliphatic rings. The van der Waals surface area contributed by atoms with E-state index < -0.39 is 0 Å². The lowest BCUT2D eigenvalue weighted by Crippen LogP contribution is -2.28. The van der Waals surface area contributed by atoms with Crippen LogP contribution in [0.5, 0.6) is 11.5 Å². The van der Waals surface area contributed by atoms with Crippen molar-refractivity contribution in [2.75, 3.05) is 13.2 Å². The third-order valence-electron chi connectivity index (χ3n) is 3.62. The Morgan fingerprint density at radius 2 is 1.74 bits per heavy atom. The molecule has 1 amide bonds. The monoisotopic (exact) mass is 386 g/mol. The lowest BCUT2D eigenvalue weighted by molar-refractivity contribution is 0.0947. The SMILES string of the molecule is Cc1csc(COc2ccc(C(=O)NCCOc3ccc(F)cc3)cc2)n1. The number of halogens is 1. The minimum Gasteiger partial charge on any atom is -0.492 e. The fourth-order valence-corrected chi connectivity index (χ4v) is 2.97. The van der Waals surface area contributed by atoms with Gasteiger partial charge in [-0.05, 0) is 55.5 Å². The van der Waals surface area contributed by atoms with Crippen molar-refractivity contribution in [1.82, 2.24) is 10.3 Å². The second-order valence-electron chi connectivity index (χ2n) is 5.75. The lowest BCUT2D eigenvalue weighted by atomic mass is 10.2. The van der Waals surface area contributed by atoms with Gasteiger partial charge in [-0.3, -0.25) is 4.79 Å². The highest BCUT2D eigenvalue weighted by Gasteiger charge is 2.06. The highest BCUT2D eigenvalue weighted by molar-refractivity contribution is 7.09. The summed E-state index contributed by atoms with van der Waals surface area (Å²) in [6.07, 6.45) is 0. The van der Waals surface area contributed by atoms with Gasteiger partial charge < -0.3 is 14.8 Å². The van der Waals surface area contributed by atoms with Crippen LogP contribution in [-0.2, 0) is 6.61 Å². The predicted molar refractivity (Wildman–Crippen MR) is 102 cm³/mol. The minimum absolute atomic E-state index is 0.195. The van der Waals surface area contributed by atoms with E-state index in [0.717, 1.165) is 10.7 Å². The smallest absolute Gasteiger partial charge is 0.251 e. The van der Waals surface area contributed by atoms with Gasteiger partial charge in [-0.25, -0.2) is 9.37 Å². The van der Waals surface area contributed by atoms with Crippen LogP contribution >= 0.6 is 11.3 Å². The molecule has 0 saturated heterocycles. The summed E-state index contributed by atoms with van der Waals surface area (Å²) < 4.78 is 23.9. The molecule has 140 valence electrons. The van der Waals surface area contributed by atoms with Crippen LogP contribution in [0.25, 0.3) is 0 Å². The van der Waals surface area contributed by atoms with E-state index in [1.807, 2.05) is 12.3 Å². The zero-order chi connectivity index (χ0) is 19.1. The molecule has 0 atom stereocenters. The lowest BCUT2D eigenvalue weighted by Gasteiger charge is -2.08. The fourth-order valence-electron chi connectivity index (χ4n) is 2.28. The summed E-state index contributed by atoms with van der Waals surface area (Å²) in [5.41, 5.74) is 1.52. The molecule has 27 heavy (non-hydrogen) atoms. The number of amides is 1. The van der Waals surface area contributed by atoms with Gasteiger partial charge >= 0.3 is 0 Å². The van der Waals surface area contributed by atoms with Crippen LogP contribution in [0, 0.1) is 12.7 Å². The molecule has 7 heteroatoms. The van der Waals surface area contributed by atoms with Crippen molar-refractivity contribution in [2.24, 2.45) is 0 Å². The zero-order valence-corrected chi connectivity index (χ0v) is 15.6. The number of aromatic nitrogens is 1. The number of thiazole rings is 1. The fraction of sp³-hybridized carbons (Fsp3) is 0.200. The molecule has 0 spiro atoms. The number of ether oxygens (including phenoxy) is 2. The van der Waals surface area contributed by atoms with Crippen LogP contribution in [0.15, 0.2) is 53.9 Å². The first-order valence-electron chi connectivity index (χ1n) is 8.40. The van der Waals surface area contributed by atoms with Crippen molar-refractivity contribution in [3.05, 3.63) is 76.0 Å². The van der Waals surface area contributed by atoms with E-state index in [0.29, 0.717) is 36.8 Å². The number of benzene rings is 2. The second-order valence-corrected chi connectivity index (χ2v) is 6.70. The molecule has 0 bridgehead atoms. The largest absolute Gasteiger partial charge is 0.492 e. The first-order valence-corrected chi connectivity index (χ1v) is 9.28. The maximum Gasteiger partial charge on any atom is 0.251 e. The molecular weight excluding hydrogens is 367 g/mol. The van der Waals surface area contributed by atoms with Crippen molar-refractivity contribution in [3.63, 3.8) is 0 Å². The summed E-state index contributed by atoms with van der Waals surface area (Å²) in [6.45, 7) is 2.99. The van der Waals surface area contributed by atoms with E-state index in [2.05, 4.69) is 10.3 Å². The number of hydrogen-bond donors (Lipinski definition) is 1. The Kier molecular flexibility index (Phi) is 6.38. The molecule has 3 aromatic rings. The van der Waals surface area contributed by atoms with Gasteiger partial charge in [0.25, 0.3) is 5.91 Å². The number of carbonyl (C=O) groups excluding carboxylic acids is 1. The van der Waals surface area contributed by atoms with Gasteiger partial charge in [0, 0.05) is 16.6 Å². The van der Waals surface area contributed by atoms with Crippen LogP contribution in [0.2, 0.25) is 0 Å². The molecule has 0 radical (unpaired) electrons. The van der Waals surface area contributed by atoms with Crippen LogP contribution in [-0.4, -0.2) is 24.0 Å². The molecule has 0 aliphatic heterocycles. The molecule has 1 aromatic heterocycles. The number of carbonyl (C=O) groups is 1. The summed E-state index contributed by atoms with van der Waals surface area (Å²) in [4.78, 5) is 16.5. The summed E-state index contributed by atoms with van der Waals surface area (Å²) in [6, 6.07) is 12.7. The molecule has 1 heterocycles. The molecule has 2 aromatic carbocycles. The predicted octanol–water partition coefficient (Wildman–Crippen LogP) is 3.98. The van der Waals surface area contributed by atoms with Crippen molar-refractivity contribution in [2.45, 2.75) is 13.5 Å². The van der Waals surface area contributed by atoms with E-state index in [-0.39, 0.29) is 11.7 Å². The van der Waals surface area contributed by atoms with Crippen molar-refractivity contribution in [3.8, 4) is 11.5 Å². The third kappa shape index (κ3) is 5.79.